The third-order valence-electron chi connectivity index (χ3n) is 5.67. The molecule has 5 nitrogen and oxygen atoms in total. The standard InChI is InChI=1S/C23H29Cl2N3O2/c1-16(18-10-8-11-19(24)22(18)25)26-23(29)28(21-13-6-7-14-27(21)2)15-17-9-4-5-12-20(17)30-3/h4-5,8-12,16,21H,6-7,13-15H2,1-3H3,(H,26,29). The molecule has 1 aliphatic heterocycles. The van der Waals surface area contributed by atoms with Crippen molar-refractivity contribution in [3.05, 3.63) is 63.6 Å². The molecule has 0 spiro atoms. The van der Waals surface area contributed by atoms with Crippen molar-refractivity contribution in [1.29, 1.82) is 0 Å². The van der Waals surface area contributed by atoms with E-state index in [1.54, 1.807) is 13.2 Å². The molecule has 1 aliphatic rings. The highest BCUT2D eigenvalue weighted by molar-refractivity contribution is 6.42. The molecule has 1 N–H and O–H groups in total. The number of para-hydroxylation sites is 1. The zero-order valence-corrected chi connectivity index (χ0v) is 19.2. The number of ether oxygens (including phenoxy) is 1. The predicted molar refractivity (Wildman–Crippen MR) is 122 cm³/mol. The summed E-state index contributed by atoms with van der Waals surface area (Å²) in [6.45, 7) is 3.35. The van der Waals surface area contributed by atoms with E-state index >= 15 is 0 Å². The third-order valence-corrected chi connectivity index (χ3v) is 6.51. The molecule has 1 fully saturated rings. The molecule has 0 saturated carbocycles. The molecule has 2 amide bonds. The Morgan fingerprint density at radius 1 is 1.23 bits per heavy atom. The second-order valence-electron chi connectivity index (χ2n) is 7.71. The number of carbonyl (C=O) groups is 1. The Hall–Kier alpha value is -1.95. The van der Waals surface area contributed by atoms with Crippen LogP contribution >= 0.6 is 23.2 Å². The molecule has 0 bridgehead atoms. The van der Waals surface area contributed by atoms with Crippen LogP contribution in [0.1, 0.15) is 43.4 Å². The quantitative estimate of drug-likeness (QED) is 0.613. The highest BCUT2D eigenvalue weighted by Crippen LogP contribution is 2.30. The van der Waals surface area contributed by atoms with Crippen LogP contribution in [0.15, 0.2) is 42.5 Å². The minimum atomic E-state index is -0.280. The highest BCUT2D eigenvalue weighted by atomic mass is 35.5. The number of hydrogen-bond donors (Lipinski definition) is 1. The molecule has 162 valence electrons. The van der Waals surface area contributed by atoms with Crippen LogP contribution in [0.5, 0.6) is 5.75 Å². The number of methoxy groups -OCH3 is 1. The zero-order chi connectivity index (χ0) is 21.7. The van der Waals surface area contributed by atoms with Gasteiger partial charge in [0.25, 0.3) is 0 Å². The van der Waals surface area contributed by atoms with Crippen molar-refractivity contribution >= 4 is 29.2 Å². The zero-order valence-electron chi connectivity index (χ0n) is 17.7. The average molecular weight is 450 g/mol. The summed E-state index contributed by atoms with van der Waals surface area (Å²) in [5, 5.41) is 4.07. The van der Waals surface area contributed by atoms with Crippen LogP contribution < -0.4 is 10.1 Å². The summed E-state index contributed by atoms with van der Waals surface area (Å²) in [5.74, 6) is 0.777. The Labute approximate surface area is 188 Å². The molecule has 2 aromatic carbocycles. The molecule has 1 saturated heterocycles. The molecule has 2 unspecified atom stereocenters. The number of amides is 2. The van der Waals surface area contributed by atoms with Gasteiger partial charge >= 0.3 is 6.03 Å². The predicted octanol–water partition coefficient (Wildman–Crippen LogP) is 5.72. The maximum absolute atomic E-state index is 13.4. The number of carbonyl (C=O) groups excluding carboxylic acids is 1. The van der Waals surface area contributed by atoms with Crippen molar-refractivity contribution < 1.29 is 9.53 Å². The van der Waals surface area contributed by atoms with Gasteiger partial charge in [-0.05, 0) is 57.5 Å². The number of urea groups is 1. The second-order valence-corrected chi connectivity index (χ2v) is 8.50. The van der Waals surface area contributed by atoms with Gasteiger partial charge in [0.15, 0.2) is 0 Å². The molecular formula is C23H29Cl2N3O2. The number of nitrogens with zero attached hydrogens (tertiary/aromatic N) is 2. The monoisotopic (exact) mass is 449 g/mol. The Bertz CT molecular complexity index is 877. The first-order valence-electron chi connectivity index (χ1n) is 10.3. The Morgan fingerprint density at radius 2 is 2.00 bits per heavy atom. The van der Waals surface area contributed by atoms with Crippen LogP contribution in [0.2, 0.25) is 10.0 Å². The lowest BCUT2D eigenvalue weighted by molar-refractivity contribution is 0.0494. The summed E-state index contributed by atoms with van der Waals surface area (Å²) in [6.07, 6.45) is 3.20. The summed E-state index contributed by atoms with van der Waals surface area (Å²) in [6, 6.07) is 12.9. The fraction of sp³-hybridized carbons (Fsp3) is 0.435. The Kier molecular flexibility index (Phi) is 7.87. The van der Waals surface area contributed by atoms with Crippen molar-refractivity contribution in [2.75, 3.05) is 20.7 Å². The van der Waals surface area contributed by atoms with Gasteiger partial charge in [-0.1, -0.05) is 53.5 Å². The third kappa shape index (κ3) is 5.20. The molecule has 30 heavy (non-hydrogen) atoms. The maximum Gasteiger partial charge on any atom is 0.319 e. The largest absolute Gasteiger partial charge is 0.496 e. The first-order valence-corrected chi connectivity index (χ1v) is 11.0. The van der Waals surface area contributed by atoms with Gasteiger partial charge in [0.05, 0.1) is 35.9 Å². The van der Waals surface area contributed by atoms with E-state index in [1.807, 2.05) is 48.2 Å². The van der Waals surface area contributed by atoms with E-state index in [-0.39, 0.29) is 18.2 Å². The molecule has 2 aromatic rings. The minimum Gasteiger partial charge on any atom is -0.496 e. The fourth-order valence-electron chi connectivity index (χ4n) is 3.98. The van der Waals surface area contributed by atoms with Crippen molar-refractivity contribution in [2.24, 2.45) is 0 Å². The van der Waals surface area contributed by atoms with Crippen LogP contribution in [0, 0.1) is 0 Å². The Balaban J connectivity index is 1.85. The minimum absolute atomic E-state index is 0.0192. The van der Waals surface area contributed by atoms with Gasteiger partial charge in [-0.3, -0.25) is 4.90 Å². The summed E-state index contributed by atoms with van der Waals surface area (Å²) in [7, 11) is 3.72. The molecular weight excluding hydrogens is 421 g/mol. The summed E-state index contributed by atoms with van der Waals surface area (Å²) < 4.78 is 5.52. The van der Waals surface area contributed by atoms with Crippen LogP contribution in [-0.4, -0.2) is 42.7 Å². The van der Waals surface area contributed by atoms with E-state index < -0.39 is 0 Å². The molecule has 0 radical (unpaired) electrons. The van der Waals surface area contributed by atoms with Gasteiger partial charge in [-0.15, -0.1) is 0 Å². The van der Waals surface area contributed by atoms with Gasteiger partial charge in [0, 0.05) is 5.56 Å². The topological polar surface area (TPSA) is 44.8 Å². The van der Waals surface area contributed by atoms with Crippen molar-refractivity contribution in [1.82, 2.24) is 15.1 Å². The first kappa shape index (κ1) is 22.7. The first-order chi connectivity index (χ1) is 14.4. The van der Waals surface area contributed by atoms with Gasteiger partial charge in [0.2, 0.25) is 0 Å². The van der Waals surface area contributed by atoms with Crippen molar-refractivity contribution in [3.63, 3.8) is 0 Å². The van der Waals surface area contributed by atoms with E-state index in [1.165, 1.54) is 0 Å². The number of likely N-dealkylation sites (tertiary alicyclic amines) is 1. The van der Waals surface area contributed by atoms with Crippen molar-refractivity contribution in [3.8, 4) is 5.75 Å². The molecule has 7 heteroatoms. The highest BCUT2D eigenvalue weighted by Gasteiger charge is 2.30. The number of hydrogen-bond acceptors (Lipinski definition) is 3. The number of piperidine rings is 1. The molecule has 3 rings (SSSR count). The lowest BCUT2D eigenvalue weighted by Gasteiger charge is -2.41. The van der Waals surface area contributed by atoms with E-state index in [4.69, 9.17) is 27.9 Å². The van der Waals surface area contributed by atoms with E-state index in [0.29, 0.717) is 16.6 Å². The lowest BCUT2D eigenvalue weighted by Crippen LogP contribution is -2.54. The van der Waals surface area contributed by atoms with Gasteiger partial charge in [0.1, 0.15) is 5.75 Å². The van der Waals surface area contributed by atoms with Crippen LogP contribution in [0.25, 0.3) is 0 Å². The van der Waals surface area contributed by atoms with Gasteiger partial charge < -0.3 is 15.0 Å². The smallest absolute Gasteiger partial charge is 0.319 e. The number of benzene rings is 2. The summed E-state index contributed by atoms with van der Waals surface area (Å²) in [5.41, 5.74) is 1.77. The Morgan fingerprint density at radius 3 is 2.73 bits per heavy atom. The maximum atomic E-state index is 13.4. The molecule has 1 heterocycles. The van der Waals surface area contributed by atoms with E-state index in [0.717, 1.165) is 42.7 Å². The van der Waals surface area contributed by atoms with Gasteiger partial charge in [-0.2, -0.15) is 0 Å². The number of rotatable bonds is 6. The summed E-state index contributed by atoms with van der Waals surface area (Å²) in [4.78, 5) is 17.6. The summed E-state index contributed by atoms with van der Waals surface area (Å²) >= 11 is 12.5. The van der Waals surface area contributed by atoms with Crippen LogP contribution in [0.4, 0.5) is 4.79 Å². The number of nitrogens with one attached hydrogen (secondary N) is 1. The van der Waals surface area contributed by atoms with E-state index in [9.17, 15) is 4.79 Å². The SMILES string of the molecule is COc1ccccc1CN(C(=O)NC(C)c1cccc(Cl)c1Cl)C1CCCCN1C. The molecule has 0 aromatic heterocycles. The van der Waals surface area contributed by atoms with Crippen LogP contribution in [0.3, 0.4) is 0 Å². The van der Waals surface area contributed by atoms with Crippen molar-refractivity contribution in [2.45, 2.75) is 44.9 Å². The van der Waals surface area contributed by atoms with Crippen LogP contribution in [-0.2, 0) is 6.54 Å². The molecule has 2 atom stereocenters. The number of halogens is 2. The second kappa shape index (κ2) is 10.4. The molecule has 0 aliphatic carbocycles. The normalized spacial score (nSPS) is 18.0. The fourth-order valence-corrected chi connectivity index (χ4v) is 4.45. The lowest BCUT2D eigenvalue weighted by atomic mass is 10.1. The van der Waals surface area contributed by atoms with Gasteiger partial charge in [-0.25, -0.2) is 4.79 Å². The average Bonchev–Trinajstić information content (AvgIpc) is 2.74. The van der Waals surface area contributed by atoms with E-state index in [2.05, 4.69) is 17.3 Å².